The minimum absolute atomic E-state index is 0.0886. The lowest BCUT2D eigenvalue weighted by Crippen LogP contribution is -2.33. The third kappa shape index (κ3) is 3.62. The van der Waals surface area contributed by atoms with Crippen molar-refractivity contribution >= 4 is 44.9 Å². The summed E-state index contributed by atoms with van der Waals surface area (Å²) in [7, 11) is 0. The van der Waals surface area contributed by atoms with Gasteiger partial charge in [-0.15, -0.1) is 21.5 Å². The molecular formula is C22H29N5OS2. The molecular weight excluding hydrogens is 414 g/mol. The lowest BCUT2D eigenvalue weighted by atomic mass is 9.89. The second-order valence-electron chi connectivity index (χ2n) is 9.14. The highest BCUT2D eigenvalue weighted by atomic mass is 32.2. The summed E-state index contributed by atoms with van der Waals surface area (Å²) in [6.07, 6.45) is 8.09. The number of amides is 1. The third-order valence-corrected chi connectivity index (χ3v) is 8.44. The number of fused-ring (bicyclic) bond motifs is 5. The first kappa shape index (κ1) is 20.2. The molecule has 0 unspecified atom stereocenters. The van der Waals surface area contributed by atoms with Gasteiger partial charge in [0.15, 0.2) is 10.8 Å². The molecule has 3 heterocycles. The van der Waals surface area contributed by atoms with Gasteiger partial charge in [-0.2, -0.15) is 0 Å². The maximum absolute atomic E-state index is 12.4. The van der Waals surface area contributed by atoms with Crippen LogP contribution < -0.4 is 5.32 Å². The van der Waals surface area contributed by atoms with Crippen molar-refractivity contribution in [3.8, 4) is 0 Å². The molecule has 2 aliphatic carbocycles. The molecule has 1 fully saturated rings. The molecule has 8 heteroatoms. The van der Waals surface area contributed by atoms with Crippen LogP contribution in [0.15, 0.2) is 5.16 Å². The Morgan fingerprint density at radius 2 is 2.07 bits per heavy atom. The van der Waals surface area contributed by atoms with Gasteiger partial charge in [0.25, 0.3) is 0 Å². The number of carbonyl (C=O) groups excluding carboxylic acids is 1. The number of thioether (sulfide) groups is 1. The Morgan fingerprint density at radius 1 is 1.27 bits per heavy atom. The third-order valence-electron chi connectivity index (χ3n) is 6.36. The molecule has 30 heavy (non-hydrogen) atoms. The molecule has 0 spiro atoms. The van der Waals surface area contributed by atoms with Crippen LogP contribution in [0.4, 0.5) is 0 Å². The van der Waals surface area contributed by atoms with Crippen LogP contribution in [0.1, 0.15) is 75.1 Å². The Hall–Kier alpha value is -1.67. The first-order chi connectivity index (χ1) is 14.5. The van der Waals surface area contributed by atoms with E-state index in [0.717, 1.165) is 53.1 Å². The predicted molar refractivity (Wildman–Crippen MR) is 123 cm³/mol. The summed E-state index contributed by atoms with van der Waals surface area (Å²) >= 11 is 3.30. The normalized spacial score (nSPS) is 19.8. The standard InChI is InChI=1S/C22H29N5OS2/c1-12(2)19-24-21-18(15-9-8-13(3)10-16(15)30-21)20-25-26-22(27(19)20)29-11-17(28)23-14-6-4-5-7-14/h12-14H,4-11H2,1-3H3,(H,23,28)/t13-/m0/s1. The van der Waals surface area contributed by atoms with Crippen LogP contribution in [0.3, 0.4) is 0 Å². The van der Waals surface area contributed by atoms with Gasteiger partial charge in [-0.05, 0) is 43.6 Å². The monoisotopic (exact) mass is 443 g/mol. The molecule has 0 radical (unpaired) electrons. The van der Waals surface area contributed by atoms with Crippen molar-refractivity contribution in [3.63, 3.8) is 0 Å². The molecule has 0 saturated heterocycles. The van der Waals surface area contributed by atoms with Crippen molar-refractivity contribution in [2.75, 3.05) is 5.75 Å². The maximum Gasteiger partial charge on any atom is 0.230 e. The number of hydrogen-bond acceptors (Lipinski definition) is 6. The van der Waals surface area contributed by atoms with Gasteiger partial charge in [-0.3, -0.25) is 9.20 Å². The molecule has 1 N–H and O–H groups in total. The maximum atomic E-state index is 12.4. The first-order valence-corrected chi connectivity index (χ1v) is 12.9. The van der Waals surface area contributed by atoms with E-state index in [1.54, 1.807) is 0 Å². The van der Waals surface area contributed by atoms with Gasteiger partial charge < -0.3 is 5.32 Å². The molecule has 0 bridgehead atoms. The fraction of sp³-hybridized carbons (Fsp3) is 0.636. The van der Waals surface area contributed by atoms with E-state index in [0.29, 0.717) is 11.8 Å². The van der Waals surface area contributed by atoms with Crippen molar-refractivity contribution in [2.45, 2.75) is 82.8 Å². The molecule has 3 aromatic rings. The summed E-state index contributed by atoms with van der Waals surface area (Å²) in [6, 6.07) is 0.348. The van der Waals surface area contributed by atoms with Crippen molar-refractivity contribution < 1.29 is 4.79 Å². The van der Waals surface area contributed by atoms with Crippen molar-refractivity contribution in [2.24, 2.45) is 5.92 Å². The molecule has 1 amide bonds. The van der Waals surface area contributed by atoms with Crippen LogP contribution in [0.25, 0.3) is 15.9 Å². The molecule has 1 saturated carbocycles. The summed E-state index contributed by atoms with van der Waals surface area (Å²) in [5.41, 5.74) is 2.33. The zero-order chi connectivity index (χ0) is 20.8. The average molecular weight is 444 g/mol. The molecule has 0 aromatic carbocycles. The number of carbonyl (C=O) groups is 1. The molecule has 1 atom stereocenters. The Morgan fingerprint density at radius 3 is 2.83 bits per heavy atom. The summed E-state index contributed by atoms with van der Waals surface area (Å²) in [6.45, 7) is 6.65. The summed E-state index contributed by atoms with van der Waals surface area (Å²) in [5, 5.41) is 14.2. The molecule has 3 aromatic heterocycles. The largest absolute Gasteiger partial charge is 0.353 e. The number of aromatic nitrogens is 4. The van der Waals surface area contributed by atoms with Crippen molar-refractivity contribution in [3.05, 3.63) is 16.3 Å². The highest BCUT2D eigenvalue weighted by Crippen LogP contribution is 2.40. The zero-order valence-corrected chi connectivity index (χ0v) is 19.5. The number of aryl methyl sites for hydroxylation is 1. The molecule has 5 rings (SSSR count). The molecule has 6 nitrogen and oxygen atoms in total. The van der Waals surface area contributed by atoms with E-state index in [2.05, 4.69) is 40.7 Å². The second-order valence-corrected chi connectivity index (χ2v) is 11.2. The van der Waals surface area contributed by atoms with E-state index in [9.17, 15) is 4.79 Å². The zero-order valence-electron chi connectivity index (χ0n) is 17.9. The minimum atomic E-state index is 0.0886. The van der Waals surface area contributed by atoms with Crippen LogP contribution in [0.5, 0.6) is 0 Å². The van der Waals surface area contributed by atoms with Gasteiger partial charge in [0.05, 0.1) is 11.1 Å². The van der Waals surface area contributed by atoms with E-state index in [-0.39, 0.29) is 11.8 Å². The van der Waals surface area contributed by atoms with Crippen molar-refractivity contribution in [1.82, 2.24) is 24.9 Å². The van der Waals surface area contributed by atoms with Gasteiger partial charge in [-0.1, -0.05) is 45.4 Å². The van der Waals surface area contributed by atoms with Crippen LogP contribution in [0, 0.1) is 5.92 Å². The summed E-state index contributed by atoms with van der Waals surface area (Å²) < 4.78 is 2.10. The Bertz CT molecular complexity index is 1100. The van der Waals surface area contributed by atoms with Crippen LogP contribution in [-0.2, 0) is 17.6 Å². The second kappa shape index (κ2) is 8.11. The smallest absolute Gasteiger partial charge is 0.230 e. The lowest BCUT2D eigenvalue weighted by Gasteiger charge is -2.17. The number of nitrogens with zero attached hydrogens (tertiary/aromatic N) is 4. The van der Waals surface area contributed by atoms with E-state index in [1.165, 1.54) is 46.9 Å². The van der Waals surface area contributed by atoms with Gasteiger partial charge in [0.2, 0.25) is 5.91 Å². The van der Waals surface area contributed by atoms with Crippen LogP contribution in [0.2, 0.25) is 0 Å². The fourth-order valence-electron chi connectivity index (χ4n) is 4.79. The van der Waals surface area contributed by atoms with Crippen LogP contribution in [-0.4, -0.2) is 37.3 Å². The Balaban J connectivity index is 1.50. The van der Waals surface area contributed by atoms with E-state index >= 15 is 0 Å². The molecule has 160 valence electrons. The lowest BCUT2D eigenvalue weighted by molar-refractivity contribution is -0.119. The van der Waals surface area contributed by atoms with Gasteiger partial charge in [-0.25, -0.2) is 4.98 Å². The van der Waals surface area contributed by atoms with E-state index < -0.39 is 0 Å². The number of nitrogens with one attached hydrogen (secondary N) is 1. The Kier molecular flexibility index (Phi) is 5.47. The van der Waals surface area contributed by atoms with Crippen molar-refractivity contribution in [1.29, 1.82) is 0 Å². The highest BCUT2D eigenvalue weighted by molar-refractivity contribution is 7.99. The SMILES string of the molecule is CC(C)c1nc2sc3c(c2c2nnc(SCC(=O)NC4CCCC4)n12)CC[C@H](C)C3. The fourth-order valence-corrected chi connectivity index (χ4v) is 6.92. The van der Waals surface area contributed by atoms with Crippen LogP contribution >= 0.6 is 23.1 Å². The molecule has 0 aliphatic heterocycles. The first-order valence-electron chi connectivity index (χ1n) is 11.1. The quantitative estimate of drug-likeness (QED) is 0.577. The van der Waals surface area contributed by atoms with E-state index in [4.69, 9.17) is 4.98 Å². The Labute approximate surface area is 185 Å². The minimum Gasteiger partial charge on any atom is -0.353 e. The van der Waals surface area contributed by atoms with Gasteiger partial charge in [0.1, 0.15) is 10.7 Å². The number of thiophene rings is 1. The van der Waals surface area contributed by atoms with Gasteiger partial charge in [0, 0.05) is 16.8 Å². The summed E-state index contributed by atoms with van der Waals surface area (Å²) in [5.74, 6) is 2.41. The van der Waals surface area contributed by atoms with Gasteiger partial charge >= 0.3 is 0 Å². The topological polar surface area (TPSA) is 72.2 Å². The number of rotatable bonds is 5. The summed E-state index contributed by atoms with van der Waals surface area (Å²) in [4.78, 5) is 20.1. The van der Waals surface area contributed by atoms with E-state index in [1.807, 2.05) is 11.3 Å². The highest BCUT2D eigenvalue weighted by Gasteiger charge is 2.26. The average Bonchev–Trinajstić information content (AvgIpc) is 3.43. The molecule has 2 aliphatic rings. The number of hydrogen-bond donors (Lipinski definition) is 1. The predicted octanol–water partition coefficient (Wildman–Crippen LogP) is 4.74.